The van der Waals surface area contributed by atoms with Crippen LogP contribution in [0.5, 0.6) is 0 Å². The molecule has 1 aromatic heterocycles. The van der Waals surface area contributed by atoms with Crippen LogP contribution < -0.4 is 5.32 Å². The Morgan fingerprint density at radius 1 is 1.22 bits per heavy atom. The number of nitrogens with one attached hydrogen (secondary N) is 1. The second kappa shape index (κ2) is 6.78. The first-order chi connectivity index (χ1) is 8.38. The quantitative estimate of drug-likeness (QED) is 0.767. The summed E-state index contributed by atoms with van der Waals surface area (Å²) in [7, 11) is 0. The first kappa shape index (κ1) is 15.0. The molecule has 0 fully saturated rings. The molecule has 1 aromatic rings. The normalized spacial score (nSPS) is 12.1. The van der Waals surface area contributed by atoms with E-state index in [1.54, 1.807) is 0 Å². The average molecular weight is 263 g/mol. The van der Waals surface area contributed by atoms with E-state index in [9.17, 15) is 13.2 Å². The van der Waals surface area contributed by atoms with Gasteiger partial charge >= 0.3 is 6.18 Å². The summed E-state index contributed by atoms with van der Waals surface area (Å²) in [5.41, 5.74) is 2.11. The molecule has 0 saturated heterocycles. The van der Waals surface area contributed by atoms with Crippen LogP contribution in [0.2, 0.25) is 0 Å². The van der Waals surface area contributed by atoms with E-state index in [0.717, 1.165) is 30.9 Å². The molecular weight excluding hydrogens is 243 g/mol. The van der Waals surface area contributed by atoms with Gasteiger partial charge in [-0.3, -0.25) is 4.68 Å². The molecule has 0 aliphatic heterocycles. The van der Waals surface area contributed by atoms with Crippen molar-refractivity contribution >= 4 is 0 Å². The maximum absolute atomic E-state index is 11.9. The Morgan fingerprint density at radius 3 is 2.44 bits per heavy atom. The molecule has 104 valence electrons. The van der Waals surface area contributed by atoms with Crippen LogP contribution in [-0.4, -0.2) is 29.0 Å². The summed E-state index contributed by atoms with van der Waals surface area (Å²) in [6, 6.07) is 2.01. The van der Waals surface area contributed by atoms with Crippen molar-refractivity contribution in [3.63, 3.8) is 0 Å². The molecule has 1 heterocycles. The van der Waals surface area contributed by atoms with Crippen molar-refractivity contribution in [2.75, 3.05) is 13.1 Å². The minimum absolute atomic E-state index is 0.142. The van der Waals surface area contributed by atoms with Gasteiger partial charge in [-0.05, 0) is 45.8 Å². The van der Waals surface area contributed by atoms with Crippen LogP contribution in [-0.2, 0) is 6.54 Å². The lowest BCUT2D eigenvalue weighted by Crippen LogP contribution is -2.20. The lowest BCUT2D eigenvalue weighted by atomic mass is 10.3. The fourth-order valence-corrected chi connectivity index (χ4v) is 1.79. The van der Waals surface area contributed by atoms with E-state index in [-0.39, 0.29) is 6.42 Å². The summed E-state index contributed by atoms with van der Waals surface area (Å²) in [6.07, 6.45) is -3.74. The van der Waals surface area contributed by atoms with Gasteiger partial charge in [0.25, 0.3) is 0 Å². The highest BCUT2D eigenvalue weighted by Crippen LogP contribution is 2.20. The second-order valence-electron chi connectivity index (χ2n) is 4.47. The molecule has 0 radical (unpaired) electrons. The minimum Gasteiger partial charge on any atom is -0.317 e. The third-order valence-corrected chi connectivity index (χ3v) is 2.64. The van der Waals surface area contributed by atoms with Crippen LogP contribution in [0.1, 0.15) is 30.7 Å². The topological polar surface area (TPSA) is 29.9 Å². The molecule has 0 unspecified atom stereocenters. The number of aryl methyl sites for hydroxylation is 3. The molecule has 0 aromatic carbocycles. The molecule has 0 aliphatic carbocycles. The monoisotopic (exact) mass is 263 g/mol. The highest BCUT2D eigenvalue weighted by atomic mass is 19.4. The van der Waals surface area contributed by atoms with Gasteiger partial charge in [0.2, 0.25) is 0 Å². The van der Waals surface area contributed by atoms with Gasteiger partial charge < -0.3 is 5.32 Å². The maximum atomic E-state index is 11.9. The Labute approximate surface area is 105 Å². The SMILES string of the molecule is Cc1cc(C)n(CCCNCCCC(F)(F)F)n1. The summed E-state index contributed by atoms with van der Waals surface area (Å²) in [4.78, 5) is 0. The zero-order valence-corrected chi connectivity index (χ0v) is 10.8. The highest BCUT2D eigenvalue weighted by Gasteiger charge is 2.25. The molecule has 0 aliphatic rings. The van der Waals surface area contributed by atoms with Crippen molar-refractivity contribution in [1.29, 1.82) is 0 Å². The average Bonchev–Trinajstić information content (AvgIpc) is 2.54. The molecule has 1 rings (SSSR count). The van der Waals surface area contributed by atoms with Gasteiger partial charge in [-0.15, -0.1) is 0 Å². The van der Waals surface area contributed by atoms with E-state index in [2.05, 4.69) is 10.4 Å². The highest BCUT2D eigenvalue weighted by molar-refractivity contribution is 5.06. The van der Waals surface area contributed by atoms with Gasteiger partial charge in [0, 0.05) is 18.7 Å². The number of nitrogens with zero attached hydrogens (tertiary/aromatic N) is 2. The predicted octanol–water partition coefficient (Wildman–Crippen LogP) is 2.82. The maximum Gasteiger partial charge on any atom is 0.389 e. The van der Waals surface area contributed by atoms with E-state index >= 15 is 0 Å². The second-order valence-corrected chi connectivity index (χ2v) is 4.47. The molecule has 0 amide bonds. The van der Waals surface area contributed by atoms with Crippen LogP contribution >= 0.6 is 0 Å². The molecule has 0 atom stereocenters. The number of halogens is 3. The van der Waals surface area contributed by atoms with Gasteiger partial charge in [0.15, 0.2) is 0 Å². The Bertz CT molecular complexity index is 358. The number of aromatic nitrogens is 2. The third kappa shape index (κ3) is 6.05. The molecule has 1 N–H and O–H groups in total. The van der Waals surface area contributed by atoms with Gasteiger partial charge in [-0.25, -0.2) is 0 Å². The summed E-state index contributed by atoms with van der Waals surface area (Å²) in [5, 5.41) is 7.33. The van der Waals surface area contributed by atoms with Gasteiger partial charge in [-0.1, -0.05) is 0 Å². The van der Waals surface area contributed by atoms with Crippen molar-refractivity contribution in [3.8, 4) is 0 Å². The number of hydrogen-bond donors (Lipinski definition) is 1. The standard InChI is InChI=1S/C12H20F3N3/c1-10-9-11(2)18(17-10)8-4-7-16-6-3-5-12(13,14)15/h9,16H,3-8H2,1-2H3. The summed E-state index contributed by atoms with van der Waals surface area (Å²) in [5.74, 6) is 0. The molecule has 3 nitrogen and oxygen atoms in total. The lowest BCUT2D eigenvalue weighted by molar-refractivity contribution is -0.135. The van der Waals surface area contributed by atoms with Gasteiger partial charge in [-0.2, -0.15) is 18.3 Å². The third-order valence-electron chi connectivity index (χ3n) is 2.64. The van der Waals surface area contributed by atoms with Crippen LogP contribution in [0, 0.1) is 13.8 Å². The van der Waals surface area contributed by atoms with Crippen molar-refractivity contribution < 1.29 is 13.2 Å². The predicted molar refractivity (Wildman–Crippen MR) is 64.5 cm³/mol. The van der Waals surface area contributed by atoms with Gasteiger partial charge in [0.05, 0.1) is 5.69 Å². The largest absolute Gasteiger partial charge is 0.389 e. The number of hydrogen-bond acceptors (Lipinski definition) is 2. The summed E-state index contributed by atoms with van der Waals surface area (Å²) < 4.78 is 37.5. The fraction of sp³-hybridized carbons (Fsp3) is 0.750. The van der Waals surface area contributed by atoms with Gasteiger partial charge in [0.1, 0.15) is 0 Å². The Balaban J connectivity index is 2.04. The molecule has 0 spiro atoms. The van der Waals surface area contributed by atoms with Crippen LogP contribution in [0.3, 0.4) is 0 Å². The Kier molecular flexibility index (Phi) is 5.65. The number of alkyl halides is 3. The smallest absolute Gasteiger partial charge is 0.317 e. The summed E-state index contributed by atoms with van der Waals surface area (Å²) in [6.45, 7) is 5.87. The van der Waals surface area contributed by atoms with Crippen molar-refractivity contribution in [2.24, 2.45) is 0 Å². The number of rotatable bonds is 7. The van der Waals surface area contributed by atoms with E-state index in [1.165, 1.54) is 0 Å². The van der Waals surface area contributed by atoms with E-state index < -0.39 is 12.6 Å². The van der Waals surface area contributed by atoms with Crippen molar-refractivity contribution in [3.05, 3.63) is 17.5 Å². The van der Waals surface area contributed by atoms with E-state index in [1.807, 2.05) is 24.6 Å². The molecule has 6 heteroatoms. The van der Waals surface area contributed by atoms with Crippen LogP contribution in [0.4, 0.5) is 13.2 Å². The molecule has 0 saturated carbocycles. The van der Waals surface area contributed by atoms with Crippen molar-refractivity contribution in [1.82, 2.24) is 15.1 Å². The van der Waals surface area contributed by atoms with E-state index in [0.29, 0.717) is 6.54 Å². The van der Waals surface area contributed by atoms with Crippen LogP contribution in [0.15, 0.2) is 6.07 Å². The minimum atomic E-state index is -4.04. The zero-order chi connectivity index (χ0) is 13.6. The first-order valence-corrected chi connectivity index (χ1v) is 6.17. The Morgan fingerprint density at radius 2 is 1.89 bits per heavy atom. The Hall–Kier alpha value is -1.04. The molecule has 0 bridgehead atoms. The first-order valence-electron chi connectivity index (χ1n) is 6.17. The molecular formula is C12H20F3N3. The van der Waals surface area contributed by atoms with Crippen LogP contribution in [0.25, 0.3) is 0 Å². The lowest BCUT2D eigenvalue weighted by Gasteiger charge is -2.08. The van der Waals surface area contributed by atoms with E-state index in [4.69, 9.17) is 0 Å². The van der Waals surface area contributed by atoms with Crippen molar-refractivity contribution in [2.45, 2.75) is 45.8 Å². The fourth-order valence-electron chi connectivity index (χ4n) is 1.79. The summed E-state index contributed by atoms with van der Waals surface area (Å²) >= 11 is 0. The zero-order valence-electron chi connectivity index (χ0n) is 10.8. The molecule has 18 heavy (non-hydrogen) atoms.